The number of aromatic hydroxyl groups is 1. The van der Waals surface area contributed by atoms with Gasteiger partial charge >= 0.3 is 11.9 Å². The van der Waals surface area contributed by atoms with Gasteiger partial charge in [-0.25, -0.2) is 4.79 Å². The molecule has 0 aliphatic heterocycles. The Morgan fingerprint density at radius 2 is 1.91 bits per heavy atom. The standard InChI is InChI=1S/C17H21NO5/c1-5-22-16(21)14-9-11-8-12(19)6-7-13(11)18(14)10-15(20)23-17(2,3)4/h6-9,19H,5,10H2,1-4H3. The lowest BCUT2D eigenvalue weighted by Gasteiger charge is -2.20. The van der Waals surface area contributed by atoms with Gasteiger partial charge in [-0.05, 0) is 52.0 Å². The molecule has 0 aliphatic rings. The van der Waals surface area contributed by atoms with Gasteiger partial charge in [0.05, 0.1) is 6.61 Å². The van der Waals surface area contributed by atoms with E-state index < -0.39 is 17.5 Å². The molecule has 0 spiro atoms. The molecule has 0 atom stereocenters. The van der Waals surface area contributed by atoms with E-state index in [1.807, 2.05) is 0 Å². The molecule has 1 aromatic carbocycles. The Kier molecular flexibility index (Phi) is 4.63. The highest BCUT2D eigenvalue weighted by Crippen LogP contribution is 2.25. The van der Waals surface area contributed by atoms with Crippen molar-refractivity contribution in [1.29, 1.82) is 0 Å². The molecular formula is C17H21NO5. The van der Waals surface area contributed by atoms with Crippen LogP contribution < -0.4 is 0 Å². The highest BCUT2D eigenvalue weighted by molar-refractivity contribution is 5.96. The molecule has 0 unspecified atom stereocenters. The van der Waals surface area contributed by atoms with Crippen molar-refractivity contribution in [2.24, 2.45) is 0 Å². The second kappa shape index (κ2) is 6.32. The number of hydrogen-bond acceptors (Lipinski definition) is 5. The molecule has 6 nitrogen and oxygen atoms in total. The van der Waals surface area contributed by atoms with Crippen molar-refractivity contribution >= 4 is 22.8 Å². The molecule has 124 valence electrons. The van der Waals surface area contributed by atoms with E-state index in [0.29, 0.717) is 10.9 Å². The van der Waals surface area contributed by atoms with Crippen LogP contribution >= 0.6 is 0 Å². The van der Waals surface area contributed by atoms with E-state index >= 15 is 0 Å². The minimum absolute atomic E-state index is 0.0855. The summed E-state index contributed by atoms with van der Waals surface area (Å²) in [6.07, 6.45) is 0. The Balaban J connectivity index is 2.44. The van der Waals surface area contributed by atoms with Crippen LogP contribution in [0.4, 0.5) is 0 Å². The molecule has 6 heteroatoms. The first kappa shape index (κ1) is 16.9. The summed E-state index contributed by atoms with van der Waals surface area (Å²) in [6, 6.07) is 6.28. The van der Waals surface area contributed by atoms with Crippen LogP contribution in [0.1, 0.15) is 38.2 Å². The first-order valence-electron chi connectivity index (χ1n) is 7.42. The zero-order valence-electron chi connectivity index (χ0n) is 13.8. The lowest BCUT2D eigenvalue weighted by Crippen LogP contribution is -2.27. The number of nitrogens with zero attached hydrogens (tertiary/aromatic N) is 1. The highest BCUT2D eigenvalue weighted by Gasteiger charge is 2.22. The quantitative estimate of drug-likeness (QED) is 0.877. The van der Waals surface area contributed by atoms with E-state index in [1.54, 1.807) is 44.4 Å². The third-order valence-electron chi connectivity index (χ3n) is 3.08. The number of hydrogen-bond donors (Lipinski definition) is 1. The fourth-order valence-corrected chi connectivity index (χ4v) is 2.31. The molecular weight excluding hydrogens is 298 g/mol. The van der Waals surface area contributed by atoms with E-state index in [9.17, 15) is 14.7 Å². The monoisotopic (exact) mass is 319 g/mol. The zero-order valence-corrected chi connectivity index (χ0v) is 13.8. The van der Waals surface area contributed by atoms with Crippen molar-refractivity contribution in [3.63, 3.8) is 0 Å². The van der Waals surface area contributed by atoms with Gasteiger partial charge in [0.25, 0.3) is 0 Å². The summed E-state index contributed by atoms with van der Waals surface area (Å²) in [6.45, 7) is 7.18. The Morgan fingerprint density at radius 3 is 2.52 bits per heavy atom. The van der Waals surface area contributed by atoms with E-state index in [1.165, 1.54) is 12.1 Å². The van der Waals surface area contributed by atoms with Gasteiger partial charge in [0.15, 0.2) is 0 Å². The Morgan fingerprint density at radius 1 is 1.22 bits per heavy atom. The molecule has 0 bridgehead atoms. The smallest absolute Gasteiger partial charge is 0.354 e. The van der Waals surface area contributed by atoms with Crippen LogP contribution in [0.3, 0.4) is 0 Å². The fraction of sp³-hybridized carbons (Fsp3) is 0.412. The maximum Gasteiger partial charge on any atom is 0.354 e. The summed E-state index contributed by atoms with van der Waals surface area (Å²) in [4.78, 5) is 24.3. The lowest BCUT2D eigenvalue weighted by atomic mass is 10.2. The van der Waals surface area contributed by atoms with Crippen molar-refractivity contribution in [2.45, 2.75) is 39.8 Å². The normalized spacial score (nSPS) is 11.5. The number of carbonyl (C=O) groups excluding carboxylic acids is 2. The molecule has 2 rings (SSSR count). The molecule has 1 heterocycles. The summed E-state index contributed by atoms with van der Waals surface area (Å²) in [5, 5.41) is 10.2. The molecule has 0 amide bonds. The predicted molar refractivity (Wildman–Crippen MR) is 85.4 cm³/mol. The summed E-state index contributed by atoms with van der Waals surface area (Å²) in [5.41, 5.74) is 0.289. The SMILES string of the molecule is CCOC(=O)c1cc2cc(O)ccc2n1CC(=O)OC(C)(C)C. The zero-order chi connectivity index (χ0) is 17.2. The maximum absolute atomic E-state index is 12.1. The largest absolute Gasteiger partial charge is 0.508 e. The number of phenolic OH excluding ortho intramolecular Hbond substituents is 1. The molecule has 0 saturated heterocycles. The van der Waals surface area contributed by atoms with Gasteiger partial charge < -0.3 is 19.1 Å². The second-order valence-electron chi connectivity index (χ2n) is 6.17. The number of phenols is 1. The molecule has 2 aromatic rings. The summed E-state index contributed by atoms with van der Waals surface area (Å²) in [7, 11) is 0. The number of benzene rings is 1. The van der Waals surface area contributed by atoms with Gasteiger partial charge in [-0.1, -0.05) is 0 Å². The first-order chi connectivity index (χ1) is 10.7. The first-order valence-corrected chi connectivity index (χ1v) is 7.42. The third kappa shape index (κ3) is 4.03. The summed E-state index contributed by atoms with van der Waals surface area (Å²) >= 11 is 0. The molecule has 1 aromatic heterocycles. The predicted octanol–water partition coefficient (Wildman–Crippen LogP) is 2.87. The van der Waals surface area contributed by atoms with Gasteiger partial charge in [0.1, 0.15) is 23.6 Å². The molecule has 23 heavy (non-hydrogen) atoms. The number of aromatic nitrogens is 1. The second-order valence-corrected chi connectivity index (χ2v) is 6.17. The van der Waals surface area contributed by atoms with Crippen LogP contribution in [-0.2, 0) is 20.8 Å². The van der Waals surface area contributed by atoms with Crippen molar-refractivity contribution in [2.75, 3.05) is 6.61 Å². The van der Waals surface area contributed by atoms with Crippen LogP contribution in [-0.4, -0.2) is 33.8 Å². The summed E-state index contributed by atoms with van der Waals surface area (Å²) in [5.74, 6) is -0.886. The number of rotatable bonds is 4. The number of carbonyl (C=O) groups is 2. The number of fused-ring (bicyclic) bond motifs is 1. The molecule has 1 N–H and O–H groups in total. The van der Waals surface area contributed by atoms with Crippen LogP contribution in [0.25, 0.3) is 10.9 Å². The molecule has 0 fully saturated rings. The van der Waals surface area contributed by atoms with Gasteiger partial charge in [-0.15, -0.1) is 0 Å². The lowest BCUT2D eigenvalue weighted by molar-refractivity contribution is -0.155. The average molecular weight is 319 g/mol. The van der Waals surface area contributed by atoms with Crippen LogP contribution in [0.15, 0.2) is 24.3 Å². The molecule has 0 radical (unpaired) electrons. The minimum Gasteiger partial charge on any atom is -0.508 e. The fourth-order valence-electron chi connectivity index (χ4n) is 2.31. The minimum atomic E-state index is -0.609. The van der Waals surface area contributed by atoms with Crippen molar-refractivity contribution in [3.05, 3.63) is 30.0 Å². The van der Waals surface area contributed by atoms with Crippen LogP contribution in [0.5, 0.6) is 5.75 Å². The van der Waals surface area contributed by atoms with Gasteiger partial charge in [0, 0.05) is 10.9 Å². The topological polar surface area (TPSA) is 77.8 Å². The average Bonchev–Trinajstić information content (AvgIpc) is 2.74. The van der Waals surface area contributed by atoms with E-state index in [0.717, 1.165) is 0 Å². The maximum atomic E-state index is 12.1. The van der Waals surface area contributed by atoms with E-state index in [-0.39, 0.29) is 24.6 Å². The van der Waals surface area contributed by atoms with Crippen molar-refractivity contribution < 1.29 is 24.2 Å². The van der Waals surface area contributed by atoms with E-state index in [2.05, 4.69) is 0 Å². The van der Waals surface area contributed by atoms with Crippen LogP contribution in [0, 0.1) is 0 Å². The van der Waals surface area contributed by atoms with Crippen molar-refractivity contribution in [3.8, 4) is 5.75 Å². The molecule has 0 aliphatic carbocycles. The van der Waals surface area contributed by atoms with Gasteiger partial charge in [0.2, 0.25) is 0 Å². The molecule has 0 saturated carbocycles. The number of ether oxygens (including phenoxy) is 2. The van der Waals surface area contributed by atoms with Gasteiger partial charge in [-0.3, -0.25) is 4.79 Å². The Bertz CT molecular complexity index is 739. The van der Waals surface area contributed by atoms with Crippen molar-refractivity contribution in [1.82, 2.24) is 4.57 Å². The Hall–Kier alpha value is -2.50. The third-order valence-corrected chi connectivity index (χ3v) is 3.08. The number of esters is 2. The van der Waals surface area contributed by atoms with Gasteiger partial charge in [-0.2, -0.15) is 0 Å². The van der Waals surface area contributed by atoms with E-state index in [4.69, 9.17) is 9.47 Å². The Labute approximate surface area is 134 Å². The summed E-state index contributed by atoms with van der Waals surface area (Å²) < 4.78 is 11.9. The van der Waals surface area contributed by atoms with Crippen LogP contribution in [0.2, 0.25) is 0 Å². The highest BCUT2D eigenvalue weighted by atomic mass is 16.6.